The largest absolute Gasteiger partial charge is 0.480 e. The van der Waals surface area contributed by atoms with Crippen LogP contribution in [-0.4, -0.2) is 54.6 Å². The predicted octanol–water partition coefficient (Wildman–Crippen LogP) is -1.64. The number of carbonyl (C=O) groups is 4. The number of rotatable bonds is 9. The summed E-state index contributed by atoms with van der Waals surface area (Å²) in [5, 5.41) is 13.4. The van der Waals surface area contributed by atoms with E-state index < -0.39 is 35.8 Å². The molecule has 0 bridgehead atoms. The lowest BCUT2D eigenvalue weighted by Crippen LogP contribution is -2.47. The summed E-state index contributed by atoms with van der Waals surface area (Å²) in [5.74, 6) is -2.78. The van der Waals surface area contributed by atoms with Crippen LogP contribution in [0.5, 0.6) is 0 Å². The third-order valence-corrected chi connectivity index (χ3v) is 2.69. The SMILES string of the molecule is CCC(NC(=O)CCC(N)C(=O)O)C(=O)NCC(=O)OC. The number of amides is 2. The Bertz CT molecular complexity index is 398. The van der Waals surface area contributed by atoms with Crippen LogP contribution in [-0.2, 0) is 23.9 Å². The van der Waals surface area contributed by atoms with Gasteiger partial charge in [0.25, 0.3) is 0 Å². The molecular weight excluding hydrogens is 282 g/mol. The van der Waals surface area contributed by atoms with Gasteiger partial charge in [0.15, 0.2) is 0 Å². The van der Waals surface area contributed by atoms with E-state index in [0.29, 0.717) is 6.42 Å². The van der Waals surface area contributed by atoms with Crippen LogP contribution in [0.15, 0.2) is 0 Å². The highest BCUT2D eigenvalue weighted by molar-refractivity contribution is 5.89. The molecule has 0 aliphatic rings. The first kappa shape index (κ1) is 18.8. The molecule has 0 aliphatic carbocycles. The monoisotopic (exact) mass is 303 g/mol. The van der Waals surface area contributed by atoms with Crippen molar-refractivity contribution < 1.29 is 29.0 Å². The van der Waals surface area contributed by atoms with Gasteiger partial charge in [0.1, 0.15) is 18.6 Å². The van der Waals surface area contributed by atoms with Gasteiger partial charge in [0.05, 0.1) is 7.11 Å². The number of ether oxygens (including phenoxy) is 1. The first-order chi connectivity index (χ1) is 9.81. The molecule has 0 radical (unpaired) electrons. The fourth-order valence-electron chi connectivity index (χ4n) is 1.38. The van der Waals surface area contributed by atoms with E-state index in [-0.39, 0.29) is 19.4 Å². The van der Waals surface area contributed by atoms with Gasteiger partial charge in [0, 0.05) is 6.42 Å². The van der Waals surface area contributed by atoms with Gasteiger partial charge < -0.3 is 26.2 Å². The molecule has 0 rings (SSSR count). The Morgan fingerprint density at radius 1 is 1.29 bits per heavy atom. The summed E-state index contributed by atoms with van der Waals surface area (Å²) in [4.78, 5) is 44.7. The van der Waals surface area contributed by atoms with Gasteiger partial charge in [-0.2, -0.15) is 0 Å². The number of esters is 1. The number of nitrogens with one attached hydrogen (secondary N) is 2. The van der Waals surface area contributed by atoms with E-state index in [1.54, 1.807) is 6.92 Å². The van der Waals surface area contributed by atoms with Gasteiger partial charge in [-0.25, -0.2) is 0 Å². The zero-order chi connectivity index (χ0) is 16.4. The molecule has 0 aliphatic heterocycles. The van der Waals surface area contributed by atoms with Crippen LogP contribution in [0.25, 0.3) is 0 Å². The number of carbonyl (C=O) groups excluding carboxylic acids is 3. The first-order valence-electron chi connectivity index (χ1n) is 6.44. The van der Waals surface area contributed by atoms with E-state index in [9.17, 15) is 19.2 Å². The Balaban J connectivity index is 4.23. The zero-order valence-electron chi connectivity index (χ0n) is 12.0. The molecule has 0 fully saturated rings. The zero-order valence-corrected chi connectivity index (χ0v) is 12.0. The molecule has 2 atom stereocenters. The molecule has 0 saturated carbocycles. The smallest absolute Gasteiger partial charge is 0.325 e. The molecule has 9 heteroatoms. The molecule has 0 saturated heterocycles. The highest BCUT2D eigenvalue weighted by Gasteiger charge is 2.20. The number of carboxylic acids is 1. The van der Waals surface area contributed by atoms with Crippen LogP contribution in [0, 0.1) is 0 Å². The topological polar surface area (TPSA) is 148 Å². The molecule has 0 heterocycles. The van der Waals surface area contributed by atoms with Crippen molar-refractivity contribution in [2.45, 2.75) is 38.3 Å². The Hall–Kier alpha value is -2.16. The molecule has 0 aromatic carbocycles. The lowest BCUT2D eigenvalue weighted by atomic mass is 10.1. The molecule has 2 unspecified atom stereocenters. The van der Waals surface area contributed by atoms with Crippen molar-refractivity contribution in [3.8, 4) is 0 Å². The van der Waals surface area contributed by atoms with Crippen molar-refractivity contribution in [3.05, 3.63) is 0 Å². The van der Waals surface area contributed by atoms with Gasteiger partial charge >= 0.3 is 11.9 Å². The fraction of sp³-hybridized carbons (Fsp3) is 0.667. The van der Waals surface area contributed by atoms with Crippen molar-refractivity contribution >= 4 is 23.8 Å². The van der Waals surface area contributed by atoms with Crippen molar-refractivity contribution in [2.24, 2.45) is 5.73 Å². The number of hydrogen-bond donors (Lipinski definition) is 4. The minimum absolute atomic E-state index is 0.0264. The lowest BCUT2D eigenvalue weighted by Gasteiger charge is -2.16. The molecule has 120 valence electrons. The summed E-state index contributed by atoms with van der Waals surface area (Å²) >= 11 is 0. The number of nitrogens with two attached hydrogens (primary N) is 1. The average molecular weight is 303 g/mol. The van der Waals surface area contributed by atoms with E-state index in [4.69, 9.17) is 10.8 Å². The number of methoxy groups -OCH3 is 1. The maximum atomic E-state index is 11.7. The van der Waals surface area contributed by atoms with E-state index in [0.717, 1.165) is 0 Å². The molecule has 0 spiro atoms. The Morgan fingerprint density at radius 3 is 2.38 bits per heavy atom. The van der Waals surface area contributed by atoms with Crippen LogP contribution < -0.4 is 16.4 Å². The molecule has 5 N–H and O–H groups in total. The fourth-order valence-corrected chi connectivity index (χ4v) is 1.38. The third kappa shape index (κ3) is 7.88. The number of aliphatic carboxylic acids is 1. The minimum atomic E-state index is -1.19. The number of carboxylic acid groups (broad SMARTS) is 1. The van der Waals surface area contributed by atoms with Gasteiger partial charge in [0.2, 0.25) is 11.8 Å². The van der Waals surface area contributed by atoms with Gasteiger partial charge in [-0.05, 0) is 12.8 Å². The molecular formula is C12H21N3O6. The van der Waals surface area contributed by atoms with Crippen molar-refractivity contribution in [2.75, 3.05) is 13.7 Å². The predicted molar refractivity (Wildman–Crippen MR) is 72.1 cm³/mol. The molecule has 9 nitrogen and oxygen atoms in total. The second kappa shape index (κ2) is 9.70. The third-order valence-electron chi connectivity index (χ3n) is 2.69. The summed E-state index contributed by atoms with van der Waals surface area (Å²) in [6, 6.07) is -1.92. The summed E-state index contributed by atoms with van der Waals surface area (Å²) in [7, 11) is 1.19. The second-order valence-electron chi connectivity index (χ2n) is 4.31. The van der Waals surface area contributed by atoms with E-state index in [2.05, 4.69) is 15.4 Å². The van der Waals surface area contributed by atoms with Gasteiger partial charge in [-0.15, -0.1) is 0 Å². The quantitative estimate of drug-likeness (QED) is 0.373. The van der Waals surface area contributed by atoms with Crippen LogP contribution in [0.4, 0.5) is 0 Å². The first-order valence-corrected chi connectivity index (χ1v) is 6.44. The summed E-state index contributed by atoms with van der Waals surface area (Å²) in [6.07, 6.45) is 0.194. The highest BCUT2D eigenvalue weighted by atomic mass is 16.5. The van der Waals surface area contributed by atoms with Gasteiger partial charge in [-0.1, -0.05) is 6.92 Å². The van der Waals surface area contributed by atoms with E-state index in [1.165, 1.54) is 7.11 Å². The van der Waals surface area contributed by atoms with Crippen molar-refractivity contribution in [1.82, 2.24) is 10.6 Å². The second-order valence-corrected chi connectivity index (χ2v) is 4.31. The molecule has 0 aromatic rings. The Morgan fingerprint density at radius 2 is 1.90 bits per heavy atom. The standard InChI is InChI=1S/C12H21N3O6/c1-3-8(11(18)14-6-10(17)21-2)15-9(16)5-4-7(13)12(19)20/h7-8H,3-6,13H2,1-2H3,(H,14,18)(H,15,16)(H,19,20). The van der Waals surface area contributed by atoms with E-state index in [1.807, 2.05) is 0 Å². The summed E-state index contributed by atoms with van der Waals surface area (Å²) in [5.41, 5.74) is 5.27. The van der Waals surface area contributed by atoms with Crippen LogP contribution in [0.3, 0.4) is 0 Å². The summed E-state index contributed by atoms with van der Waals surface area (Å²) in [6.45, 7) is 1.40. The molecule has 0 aromatic heterocycles. The van der Waals surface area contributed by atoms with E-state index >= 15 is 0 Å². The van der Waals surface area contributed by atoms with Crippen molar-refractivity contribution in [3.63, 3.8) is 0 Å². The maximum absolute atomic E-state index is 11.7. The Labute approximate surface area is 122 Å². The van der Waals surface area contributed by atoms with Crippen molar-refractivity contribution in [1.29, 1.82) is 0 Å². The molecule has 2 amide bonds. The average Bonchev–Trinajstić information content (AvgIpc) is 2.46. The normalized spacial score (nSPS) is 12.9. The van der Waals surface area contributed by atoms with Crippen LogP contribution >= 0.6 is 0 Å². The lowest BCUT2D eigenvalue weighted by molar-refractivity contribution is -0.141. The van der Waals surface area contributed by atoms with Crippen LogP contribution in [0.1, 0.15) is 26.2 Å². The van der Waals surface area contributed by atoms with Crippen LogP contribution in [0.2, 0.25) is 0 Å². The molecule has 21 heavy (non-hydrogen) atoms. The van der Waals surface area contributed by atoms with Gasteiger partial charge in [-0.3, -0.25) is 19.2 Å². The number of hydrogen-bond acceptors (Lipinski definition) is 6. The summed E-state index contributed by atoms with van der Waals surface area (Å²) < 4.78 is 4.37. The highest BCUT2D eigenvalue weighted by Crippen LogP contribution is 1.98. The maximum Gasteiger partial charge on any atom is 0.325 e. The minimum Gasteiger partial charge on any atom is -0.480 e. The Kier molecular flexibility index (Phi) is 8.70.